The Bertz CT molecular complexity index is 802. The summed E-state index contributed by atoms with van der Waals surface area (Å²) in [5.74, 6) is 0.588. The molecule has 1 aliphatic heterocycles. The van der Waals surface area contributed by atoms with E-state index in [-0.39, 0.29) is 17.6 Å². The molecule has 0 saturated heterocycles. The van der Waals surface area contributed by atoms with E-state index in [0.717, 1.165) is 50.0 Å². The predicted molar refractivity (Wildman–Crippen MR) is 150 cm³/mol. The third kappa shape index (κ3) is 10.1. The van der Waals surface area contributed by atoms with Crippen LogP contribution in [0.15, 0.2) is 6.08 Å². The Balaban J connectivity index is 1.97. The summed E-state index contributed by atoms with van der Waals surface area (Å²) in [7, 11) is 2.22. The standard InChI is InChI=1S/C29H52N3O3S/c1-7-9-11-13-14-15-16-20-25(33)35-28(29(3,4)5)32(6)21-18-19-24(23-32)26-27(31-36-30-26)34-22-17-12-10-8-2/h19,28H,7-18,20-23H2,1-6H3/q+1. The zero-order chi connectivity index (χ0) is 26.4. The van der Waals surface area contributed by atoms with Crippen LogP contribution < -0.4 is 4.74 Å². The van der Waals surface area contributed by atoms with Gasteiger partial charge in [0.05, 0.1) is 37.3 Å². The van der Waals surface area contributed by atoms with E-state index in [0.29, 0.717) is 23.4 Å². The fourth-order valence-corrected chi connectivity index (χ4v) is 5.79. The Morgan fingerprint density at radius 2 is 1.64 bits per heavy atom. The van der Waals surface area contributed by atoms with E-state index in [1.54, 1.807) is 0 Å². The number of unbranched alkanes of at least 4 members (excludes halogenated alkanes) is 9. The molecule has 2 atom stereocenters. The van der Waals surface area contributed by atoms with Crippen LogP contribution in [0.5, 0.6) is 5.88 Å². The Morgan fingerprint density at radius 3 is 2.31 bits per heavy atom. The summed E-state index contributed by atoms with van der Waals surface area (Å²) in [4.78, 5) is 12.9. The molecule has 206 valence electrons. The number of rotatable bonds is 17. The lowest BCUT2D eigenvalue weighted by molar-refractivity contribution is -0.954. The van der Waals surface area contributed by atoms with Gasteiger partial charge in [-0.2, -0.15) is 4.37 Å². The van der Waals surface area contributed by atoms with Crippen molar-refractivity contribution in [3.8, 4) is 5.88 Å². The molecule has 0 spiro atoms. The van der Waals surface area contributed by atoms with Crippen LogP contribution in [0.1, 0.15) is 124 Å². The van der Waals surface area contributed by atoms with Crippen molar-refractivity contribution in [2.24, 2.45) is 5.41 Å². The van der Waals surface area contributed by atoms with Gasteiger partial charge in [-0.25, -0.2) is 0 Å². The van der Waals surface area contributed by atoms with E-state index in [9.17, 15) is 4.79 Å². The predicted octanol–water partition coefficient (Wildman–Crippen LogP) is 7.79. The fraction of sp³-hybridized carbons (Fsp3) is 0.828. The summed E-state index contributed by atoms with van der Waals surface area (Å²) in [6.07, 6.45) is 16.5. The van der Waals surface area contributed by atoms with Crippen LogP contribution in [-0.4, -0.2) is 52.2 Å². The first-order valence-electron chi connectivity index (χ1n) is 14.4. The van der Waals surface area contributed by atoms with Gasteiger partial charge in [0.25, 0.3) is 5.88 Å². The smallest absolute Gasteiger partial charge is 0.310 e. The minimum Gasteiger partial charge on any atom is -0.475 e. The van der Waals surface area contributed by atoms with Crippen LogP contribution >= 0.6 is 11.7 Å². The fourth-order valence-electron chi connectivity index (χ4n) is 5.26. The van der Waals surface area contributed by atoms with Crippen molar-refractivity contribution >= 4 is 23.3 Å². The lowest BCUT2D eigenvalue weighted by Gasteiger charge is -2.47. The van der Waals surface area contributed by atoms with E-state index in [2.05, 4.69) is 56.5 Å². The van der Waals surface area contributed by atoms with E-state index in [1.165, 1.54) is 63.1 Å². The van der Waals surface area contributed by atoms with Gasteiger partial charge >= 0.3 is 5.97 Å². The molecule has 6 nitrogen and oxygen atoms in total. The maximum absolute atomic E-state index is 12.9. The van der Waals surface area contributed by atoms with Gasteiger partial charge in [-0.05, 0) is 12.8 Å². The van der Waals surface area contributed by atoms with Crippen molar-refractivity contribution < 1.29 is 18.8 Å². The first kappa shape index (κ1) is 30.8. The molecule has 2 unspecified atom stereocenters. The number of nitrogens with zero attached hydrogens (tertiary/aromatic N) is 3. The third-order valence-corrected chi connectivity index (χ3v) is 7.61. The quantitative estimate of drug-likeness (QED) is 0.119. The van der Waals surface area contributed by atoms with Gasteiger partial charge in [-0.1, -0.05) is 98.5 Å². The zero-order valence-corrected chi connectivity index (χ0v) is 24.8. The molecule has 2 rings (SSSR count). The molecular formula is C29H52N3O3S+. The van der Waals surface area contributed by atoms with E-state index < -0.39 is 0 Å². The van der Waals surface area contributed by atoms with Crippen LogP contribution in [0.4, 0.5) is 0 Å². The number of carbonyl (C=O) groups excluding carboxylic acids is 1. The second-order valence-corrected chi connectivity index (χ2v) is 12.3. The number of likely N-dealkylation sites (N-methyl/N-ethyl adjacent to an activating group) is 1. The zero-order valence-electron chi connectivity index (χ0n) is 23.9. The van der Waals surface area contributed by atoms with Crippen molar-refractivity contribution in [1.29, 1.82) is 0 Å². The molecule has 1 aromatic rings. The molecule has 0 aromatic carbocycles. The number of hydrogen-bond acceptors (Lipinski definition) is 6. The van der Waals surface area contributed by atoms with Crippen LogP contribution in [0, 0.1) is 5.41 Å². The molecule has 0 saturated carbocycles. The van der Waals surface area contributed by atoms with Crippen molar-refractivity contribution in [2.45, 2.75) is 124 Å². The topological polar surface area (TPSA) is 61.3 Å². The lowest BCUT2D eigenvalue weighted by Crippen LogP contribution is -2.61. The maximum Gasteiger partial charge on any atom is 0.310 e. The molecule has 1 aromatic heterocycles. The molecule has 0 amide bonds. The minimum atomic E-state index is -0.219. The number of hydrogen-bond donors (Lipinski definition) is 0. The Labute approximate surface area is 224 Å². The average molecular weight is 523 g/mol. The van der Waals surface area contributed by atoms with Crippen LogP contribution in [0.25, 0.3) is 5.57 Å². The minimum absolute atomic E-state index is 0.0645. The van der Waals surface area contributed by atoms with E-state index in [4.69, 9.17) is 9.47 Å². The maximum atomic E-state index is 12.9. The first-order valence-corrected chi connectivity index (χ1v) is 15.1. The van der Waals surface area contributed by atoms with Gasteiger partial charge in [0.1, 0.15) is 12.2 Å². The highest BCUT2D eigenvalue weighted by molar-refractivity contribution is 6.99. The largest absolute Gasteiger partial charge is 0.475 e. The highest BCUT2D eigenvalue weighted by atomic mass is 32.1. The van der Waals surface area contributed by atoms with Gasteiger partial charge in [0.2, 0.25) is 6.23 Å². The second-order valence-electron chi connectivity index (χ2n) is 11.8. The van der Waals surface area contributed by atoms with Gasteiger partial charge in [0, 0.05) is 18.4 Å². The molecule has 0 N–H and O–H groups in total. The Morgan fingerprint density at radius 1 is 1.00 bits per heavy atom. The summed E-state index contributed by atoms with van der Waals surface area (Å²) in [6, 6.07) is 0. The van der Waals surface area contributed by atoms with Gasteiger partial charge in [0.15, 0.2) is 0 Å². The molecule has 36 heavy (non-hydrogen) atoms. The molecule has 7 heteroatoms. The van der Waals surface area contributed by atoms with Crippen LogP contribution in [0.2, 0.25) is 0 Å². The highest BCUT2D eigenvalue weighted by Gasteiger charge is 2.46. The van der Waals surface area contributed by atoms with Crippen molar-refractivity contribution in [3.63, 3.8) is 0 Å². The van der Waals surface area contributed by atoms with E-state index in [1.807, 2.05) is 0 Å². The molecule has 0 radical (unpaired) electrons. The van der Waals surface area contributed by atoms with Crippen molar-refractivity contribution in [1.82, 2.24) is 8.75 Å². The Kier molecular flexibility index (Phi) is 13.4. The Hall–Kier alpha value is -1.47. The third-order valence-electron chi connectivity index (χ3n) is 7.10. The summed E-state index contributed by atoms with van der Waals surface area (Å²) >= 11 is 1.21. The van der Waals surface area contributed by atoms with E-state index >= 15 is 0 Å². The number of esters is 1. The monoisotopic (exact) mass is 522 g/mol. The summed E-state index contributed by atoms with van der Waals surface area (Å²) < 4.78 is 22.0. The molecule has 2 heterocycles. The van der Waals surface area contributed by atoms with Gasteiger partial charge in [-0.15, -0.1) is 4.37 Å². The summed E-state index contributed by atoms with van der Waals surface area (Å²) in [5.41, 5.74) is 1.84. The molecular weight excluding hydrogens is 470 g/mol. The average Bonchev–Trinajstić information content (AvgIpc) is 3.30. The molecule has 0 fully saturated rings. The summed E-state index contributed by atoms with van der Waals surface area (Å²) in [5, 5.41) is 0. The van der Waals surface area contributed by atoms with Crippen LogP contribution in [-0.2, 0) is 9.53 Å². The van der Waals surface area contributed by atoms with Gasteiger partial charge < -0.3 is 9.47 Å². The van der Waals surface area contributed by atoms with Crippen molar-refractivity contribution in [3.05, 3.63) is 11.8 Å². The van der Waals surface area contributed by atoms with Gasteiger partial charge in [-0.3, -0.25) is 9.28 Å². The number of carbonyl (C=O) groups is 1. The first-order chi connectivity index (χ1) is 17.2. The molecule has 1 aliphatic rings. The normalized spacial score (nSPS) is 19.1. The number of aromatic nitrogens is 2. The van der Waals surface area contributed by atoms with Crippen molar-refractivity contribution in [2.75, 3.05) is 26.7 Å². The molecule has 0 aliphatic carbocycles. The summed E-state index contributed by atoms with van der Waals surface area (Å²) in [6.45, 7) is 13.3. The lowest BCUT2D eigenvalue weighted by atomic mass is 9.89. The highest BCUT2D eigenvalue weighted by Crippen LogP contribution is 2.37. The number of ether oxygens (including phenoxy) is 2. The number of quaternary nitrogens is 1. The SMILES string of the molecule is CCCCCCCCCC(=O)OC(C(C)(C)C)[N+]1(C)CCC=C(c2nsnc2OCCCCCC)C1. The second kappa shape index (κ2) is 15.7. The van der Waals surface area contributed by atoms with Crippen LogP contribution in [0.3, 0.4) is 0 Å². The molecule has 0 bridgehead atoms.